The van der Waals surface area contributed by atoms with E-state index in [0.717, 1.165) is 27.1 Å². The van der Waals surface area contributed by atoms with Crippen molar-refractivity contribution >= 4 is 45.9 Å². The second-order valence-corrected chi connectivity index (χ2v) is 11.1. The van der Waals surface area contributed by atoms with Crippen LogP contribution in [0.2, 0.25) is 0 Å². The topological polar surface area (TPSA) is 63.1 Å². The fraction of sp³-hybridized carbons (Fsp3) is 0.0556. The van der Waals surface area contributed by atoms with Gasteiger partial charge in [-0.15, -0.1) is 11.8 Å². The van der Waals surface area contributed by atoms with Crippen molar-refractivity contribution in [2.45, 2.75) is 17.2 Å². The Hall–Kier alpha value is -5.14. The Balaban J connectivity index is 1.28. The van der Waals surface area contributed by atoms with Crippen LogP contribution in [0.3, 0.4) is 0 Å². The van der Waals surface area contributed by atoms with Crippen LogP contribution < -0.4 is 10.6 Å². The number of rotatable bonds is 9. The van der Waals surface area contributed by atoms with Crippen LogP contribution in [0, 0.1) is 5.82 Å². The summed E-state index contributed by atoms with van der Waals surface area (Å²) < 4.78 is 15.9. The van der Waals surface area contributed by atoms with Crippen LogP contribution in [0.25, 0.3) is 10.9 Å². The van der Waals surface area contributed by atoms with E-state index in [9.17, 15) is 14.0 Å². The number of para-hydroxylation sites is 1. The number of hydrogen-bond donors (Lipinski definition) is 2. The van der Waals surface area contributed by atoms with Gasteiger partial charge in [-0.1, -0.05) is 72.8 Å². The maximum Gasteiger partial charge on any atom is 0.272 e. The monoisotopic (exact) mass is 585 g/mol. The van der Waals surface area contributed by atoms with E-state index in [1.165, 1.54) is 17.7 Å². The van der Waals surface area contributed by atoms with Crippen molar-refractivity contribution in [3.05, 3.63) is 162 Å². The van der Waals surface area contributed by atoms with Crippen LogP contribution in [0.15, 0.2) is 138 Å². The highest BCUT2D eigenvalue weighted by Crippen LogP contribution is 2.29. The Bertz CT molecular complexity index is 1910. The van der Waals surface area contributed by atoms with Crippen LogP contribution in [0.1, 0.15) is 32.0 Å². The Morgan fingerprint density at radius 2 is 1.35 bits per heavy atom. The van der Waals surface area contributed by atoms with Crippen LogP contribution >= 0.6 is 11.8 Å². The number of amides is 2. The molecule has 7 heteroatoms. The summed E-state index contributed by atoms with van der Waals surface area (Å²) in [4.78, 5) is 27.7. The quantitative estimate of drug-likeness (QED) is 0.167. The van der Waals surface area contributed by atoms with Crippen molar-refractivity contribution in [1.29, 1.82) is 0 Å². The van der Waals surface area contributed by atoms with Crippen LogP contribution in [-0.4, -0.2) is 16.4 Å². The lowest BCUT2D eigenvalue weighted by Crippen LogP contribution is -2.17. The first-order chi connectivity index (χ1) is 21.0. The molecule has 2 N–H and O–H groups in total. The summed E-state index contributed by atoms with van der Waals surface area (Å²) >= 11 is 1.62. The molecule has 0 saturated heterocycles. The van der Waals surface area contributed by atoms with Gasteiger partial charge >= 0.3 is 0 Å². The number of carbonyl (C=O) groups excluding carboxylic acids is 2. The van der Waals surface area contributed by atoms with Crippen LogP contribution in [0.5, 0.6) is 0 Å². The highest BCUT2D eigenvalue weighted by atomic mass is 32.2. The molecule has 0 spiro atoms. The lowest BCUT2D eigenvalue weighted by atomic mass is 10.2. The third kappa shape index (κ3) is 6.68. The number of anilines is 2. The highest BCUT2D eigenvalue weighted by molar-refractivity contribution is 7.98. The summed E-state index contributed by atoms with van der Waals surface area (Å²) in [5.41, 5.74) is 5.00. The first kappa shape index (κ1) is 28.0. The molecule has 0 aliphatic rings. The van der Waals surface area contributed by atoms with Gasteiger partial charge in [0.05, 0.1) is 5.56 Å². The molecule has 1 heterocycles. The number of halogens is 1. The van der Waals surface area contributed by atoms with E-state index in [0.29, 0.717) is 29.2 Å². The number of nitrogens with one attached hydrogen (secondary N) is 2. The summed E-state index contributed by atoms with van der Waals surface area (Å²) in [6.45, 7) is 0.302. The molecular formula is C36H28FN3O2S. The zero-order valence-electron chi connectivity index (χ0n) is 23.2. The minimum Gasteiger partial charge on any atom is -0.332 e. The summed E-state index contributed by atoms with van der Waals surface area (Å²) in [6, 6.07) is 40.6. The summed E-state index contributed by atoms with van der Waals surface area (Å²) in [6.07, 6.45) is 0. The average molecular weight is 586 g/mol. The standard InChI is InChI=1S/C36H28FN3O2S/c37-28-13-9-12-26(20-28)23-40-32-19-18-30(21-27(32)22-33(40)36(42)38-29-14-5-2-6-15-29)39-35(41)31-16-7-8-17-34(31)43-24-25-10-3-1-4-11-25/h1-22H,23-24H2,(H,38,42)(H,39,41). The predicted molar refractivity (Wildman–Crippen MR) is 172 cm³/mol. The normalized spacial score (nSPS) is 10.9. The van der Waals surface area contributed by atoms with E-state index in [-0.39, 0.29) is 17.6 Å². The van der Waals surface area contributed by atoms with Gasteiger partial charge in [0, 0.05) is 39.5 Å². The van der Waals surface area contributed by atoms with Gasteiger partial charge in [-0.25, -0.2) is 4.39 Å². The fourth-order valence-corrected chi connectivity index (χ4v) is 5.96. The molecule has 1 aromatic heterocycles. The molecule has 0 bridgehead atoms. The fourth-order valence-electron chi connectivity index (χ4n) is 4.96. The van der Waals surface area contributed by atoms with Gasteiger partial charge in [-0.05, 0) is 71.8 Å². The van der Waals surface area contributed by atoms with Crippen molar-refractivity contribution in [2.75, 3.05) is 10.6 Å². The van der Waals surface area contributed by atoms with Crippen LogP contribution in [0.4, 0.5) is 15.8 Å². The van der Waals surface area contributed by atoms with Gasteiger partial charge in [0.25, 0.3) is 11.8 Å². The van der Waals surface area contributed by atoms with Crippen molar-refractivity contribution in [2.24, 2.45) is 0 Å². The van der Waals surface area contributed by atoms with E-state index >= 15 is 0 Å². The molecule has 43 heavy (non-hydrogen) atoms. The Kier molecular flexibility index (Phi) is 8.33. The van der Waals surface area contributed by atoms with Gasteiger partial charge < -0.3 is 15.2 Å². The van der Waals surface area contributed by atoms with E-state index in [2.05, 4.69) is 22.8 Å². The lowest BCUT2D eigenvalue weighted by Gasteiger charge is -2.12. The SMILES string of the molecule is O=C(Nc1ccc2c(c1)cc(C(=O)Nc1ccccc1)n2Cc1cccc(F)c1)c1ccccc1SCc1ccccc1. The molecule has 0 aliphatic heterocycles. The van der Waals surface area contributed by atoms with Crippen molar-refractivity contribution in [3.8, 4) is 0 Å². The molecule has 0 aliphatic carbocycles. The average Bonchev–Trinajstić information content (AvgIpc) is 3.38. The van der Waals surface area contributed by atoms with Gasteiger partial charge in [0.2, 0.25) is 0 Å². The first-order valence-electron chi connectivity index (χ1n) is 13.8. The Morgan fingerprint density at radius 1 is 0.651 bits per heavy atom. The van der Waals surface area contributed by atoms with Gasteiger partial charge in [0.15, 0.2) is 0 Å². The summed E-state index contributed by atoms with van der Waals surface area (Å²) in [5.74, 6) is -0.0778. The number of aromatic nitrogens is 1. The minimum absolute atomic E-state index is 0.211. The van der Waals surface area contributed by atoms with E-state index in [1.54, 1.807) is 23.9 Å². The summed E-state index contributed by atoms with van der Waals surface area (Å²) in [7, 11) is 0. The van der Waals surface area contributed by atoms with Gasteiger partial charge in [-0.2, -0.15) is 0 Å². The molecular weight excluding hydrogens is 557 g/mol. The molecule has 0 saturated carbocycles. The molecule has 5 aromatic carbocycles. The molecule has 6 aromatic rings. The van der Waals surface area contributed by atoms with E-state index in [1.807, 2.05) is 102 Å². The third-order valence-corrected chi connectivity index (χ3v) is 8.17. The number of fused-ring (bicyclic) bond motifs is 1. The minimum atomic E-state index is -0.337. The number of nitrogens with zero attached hydrogens (tertiary/aromatic N) is 1. The zero-order chi connectivity index (χ0) is 29.6. The smallest absolute Gasteiger partial charge is 0.272 e. The maximum atomic E-state index is 14.0. The third-order valence-electron chi connectivity index (χ3n) is 7.02. The molecule has 6 rings (SSSR count). The van der Waals surface area contributed by atoms with Crippen molar-refractivity contribution in [1.82, 2.24) is 4.57 Å². The highest BCUT2D eigenvalue weighted by Gasteiger charge is 2.18. The lowest BCUT2D eigenvalue weighted by molar-refractivity contribution is 0.101. The predicted octanol–water partition coefficient (Wildman–Crippen LogP) is 8.63. The van der Waals surface area contributed by atoms with Crippen molar-refractivity contribution in [3.63, 3.8) is 0 Å². The largest absolute Gasteiger partial charge is 0.332 e. The Morgan fingerprint density at radius 3 is 2.14 bits per heavy atom. The number of hydrogen-bond acceptors (Lipinski definition) is 3. The number of benzene rings is 5. The molecule has 0 atom stereocenters. The first-order valence-corrected chi connectivity index (χ1v) is 14.8. The molecule has 0 radical (unpaired) electrons. The molecule has 0 unspecified atom stereocenters. The molecule has 2 amide bonds. The van der Waals surface area contributed by atoms with E-state index < -0.39 is 0 Å². The van der Waals surface area contributed by atoms with Gasteiger partial charge in [0.1, 0.15) is 11.5 Å². The zero-order valence-corrected chi connectivity index (χ0v) is 24.0. The molecule has 5 nitrogen and oxygen atoms in total. The maximum absolute atomic E-state index is 14.0. The Labute approximate surface area is 253 Å². The second kappa shape index (κ2) is 12.8. The number of carbonyl (C=O) groups is 2. The van der Waals surface area contributed by atoms with Crippen molar-refractivity contribution < 1.29 is 14.0 Å². The molecule has 0 fully saturated rings. The molecule has 212 valence electrons. The number of thioether (sulfide) groups is 1. The summed E-state index contributed by atoms with van der Waals surface area (Å²) in [5, 5.41) is 6.76. The van der Waals surface area contributed by atoms with E-state index in [4.69, 9.17) is 0 Å². The van der Waals surface area contributed by atoms with Gasteiger partial charge in [-0.3, -0.25) is 9.59 Å². The second-order valence-electron chi connectivity index (χ2n) is 10.1. The van der Waals surface area contributed by atoms with Crippen LogP contribution in [-0.2, 0) is 12.3 Å².